The molecule has 49 heavy (non-hydrogen) atoms. The molecule has 0 aliphatic heterocycles. The normalized spacial score (nSPS) is 11.0. The van der Waals surface area contributed by atoms with E-state index in [1.54, 1.807) is 0 Å². The van der Waals surface area contributed by atoms with Crippen LogP contribution < -0.4 is 37.9 Å². The number of esters is 2. The van der Waals surface area contributed by atoms with Gasteiger partial charge in [-0.25, -0.2) is 9.59 Å². The van der Waals surface area contributed by atoms with Crippen molar-refractivity contribution in [2.45, 2.75) is 19.3 Å². The highest BCUT2D eigenvalue weighted by atomic mass is 79.9. The molecule has 10 nitrogen and oxygen atoms in total. The molecule has 0 N–H and O–H groups in total. The highest BCUT2D eigenvalue weighted by Crippen LogP contribution is 2.45. The average molecular weight is 932 g/mol. The van der Waals surface area contributed by atoms with Crippen LogP contribution >= 0.6 is 63.7 Å². The second-order valence-electron chi connectivity index (χ2n) is 10.8. The summed E-state index contributed by atoms with van der Waals surface area (Å²) in [6.45, 7) is 4.08. The number of hydrogen-bond acceptors (Lipinski definition) is 10. The van der Waals surface area contributed by atoms with Crippen molar-refractivity contribution in [2.75, 3.05) is 42.7 Å². The van der Waals surface area contributed by atoms with Crippen LogP contribution in [-0.4, -0.2) is 54.6 Å². The number of rotatable bonds is 12. The summed E-state index contributed by atoms with van der Waals surface area (Å²) in [4.78, 5) is 26.5. The number of halogens is 4. The minimum atomic E-state index is -0.628. The zero-order chi connectivity index (χ0) is 36.2. The second-order valence-corrected chi connectivity index (χ2v) is 14.2. The lowest BCUT2D eigenvalue weighted by Crippen LogP contribution is -2.20. The van der Waals surface area contributed by atoms with E-state index in [0.717, 1.165) is 11.1 Å². The molecule has 0 saturated carbocycles. The van der Waals surface area contributed by atoms with Crippen molar-refractivity contribution in [3.63, 3.8) is 0 Å². The fourth-order valence-corrected chi connectivity index (χ4v) is 7.60. The summed E-state index contributed by atoms with van der Waals surface area (Å²) < 4.78 is 46.0. The third-order valence-electron chi connectivity index (χ3n) is 7.63. The molecule has 4 rings (SSSR count). The summed E-state index contributed by atoms with van der Waals surface area (Å²) in [6.07, 6.45) is 0. The number of benzene rings is 4. The van der Waals surface area contributed by atoms with Gasteiger partial charge in [-0.2, -0.15) is 0 Å². The molecular formula is C35H32Br4O10. The van der Waals surface area contributed by atoms with Gasteiger partial charge in [0, 0.05) is 5.41 Å². The Kier molecular flexibility index (Phi) is 12.6. The lowest BCUT2D eigenvalue weighted by atomic mass is 9.78. The van der Waals surface area contributed by atoms with E-state index in [0.29, 0.717) is 52.4 Å². The standard InChI is InChI=1S/C35H32Br4O10/c1-35(2,19-13-21(36)29(22(37)14-19)48-33(40)17-9-25(42-3)31(46-7)26(10-17)43-4)20-15-23(38)30(24(39)16-20)49-34(41)18-11-27(44-5)32(47-8)28(12-18)45-6/h9-16H,1-8H3. The molecule has 0 radical (unpaired) electrons. The first-order chi connectivity index (χ1) is 23.2. The van der Waals surface area contributed by atoms with Gasteiger partial charge in [-0.1, -0.05) is 13.8 Å². The lowest BCUT2D eigenvalue weighted by molar-refractivity contribution is 0.0722. The Balaban J connectivity index is 1.61. The molecule has 0 saturated heterocycles. The molecule has 0 bridgehead atoms. The maximum Gasteiger partial charge on any atom is 0.343 e. The van der Waals surface area contributed by atoms with Crippen LogP contribution in [0.1, 0.15) is 45.7 Å². The maximum absolute atomic E-state index is 13.2. The van der Waals surface area contributed by atoms with Crippen molar-refractivity contribution >= 4 is 75.7 Å². The van der Waals surface area contributed by atoms with E-state index in [-0.39, 0.29) is 22.6 Å². The first kappa shape index (κ1) is 38.3. The van der Waals surface area contributed by atoms with Crippen molar-refractivity contribution in [3.8, 4) is 46.0 Å². The first-order valence-electron chi connectivity index (χ1n) is 14.3. The van der Waals surface area contributed by atoms with E-state index in [9.17, 15) is 9.59 Å². The molecule has 0 atom stereocenters. The average Bonchev–Trinajstić information content (AvgIpc) is 3.09. The summed E-state index contributed by atoms with van der Waals surface area (Å²) in [5, 5.41) is 0. The van der Waals surface area contributed by atoms with Crippen molar-refractivity contribution < 1.29 is 47.5 Å². The quantitative estimate of drug-likeness (QED) is 0.101. The third kappa shape index (κ3) is 7.97. The maximum atomic E-state index is 13.2. The zero-order valence-electron chi connectivity index (χ0n) is 27.7. The Labute approximate surface area is 317 Å². The Morgan fingerprint density at radius 3 is 0.939 bits per heavy atom. The van der Waals surface area contributed by atoms with Gasteiger partial charge in [-0.15, -0.1) is 0 Å². The van der Waals surface area contributed by atoms with Gasteiger partial charge >= 0.3 is 11.9 Å². The van der Waals surface area contributed by atoms with Crippen molar-refractivity contribution in [3.05, 3.63) is 88.7 Å². The van der Waals surface area contributed by atoms with Crippen LogP contribution in [0.15, 0.2) is 66.4 Å². The van der Waals surface area contributed by atoms with Gasteiger partial charge in [0.25, 0.3) is 0 Å². The van der Waals surface area contributed by atoms with E-state index in [4.69, 9.17) is 37.9 Å². The monoisotopic (exact) mass is 928 g/mol. The number of carbonyl (C=O) groups excluding carboxylic acids is 2. The zero-order valence-corrected chi connectivity index (χ0v) is 34.1. The predicted octanol–water partition coefficient (Wildman–Crippen LogP) is 9.55. The van der Waals surface area contributed by atoms with Crippen molar-refractivity contribution in [1.29, 1.82) is 0 Å². The molecular weight excluding hydrogens is 900 g/mol. The number of carbonyl (C=O) groups is 2. The molecule has 0 aliphatic rings. The molecule has 4 aromatic carbocycles. The third-order valence-corrected chi connectivity index (χ3v) is 9.99. The predicted molar refractivity (Wildman–Crippen MR) is 198 cm³/mol. The van der Waals surface area contributed by atoms with Crippen LogP contribution in [-0.2, 0) is 5.41 Å². The molecule has 0 fully saturated rings. The summed E-state index contributed by atoms with van der Waals surface area (Å²) in [5.74, 6) is 1.33. The van der Waals surface area contributed by atoms with Crippen molar-refractivity contribution in [2.24, 2.45) is 0 Å². The smallest absolute Gasteiger partial charge is 0.343 e. The summed E-state index contributed by atoms with van der Waals surface area (Å²) in [6, 6.07) is 13.6. The lowest BCUT2D eigenvalue weighted by Gasteiger charge is -2.28. The van der Waals surface area contributed by atoms with Crippen molar-refractivity contribution in [1.82, 2.24) is 0 Å². The van der Waals surface area contributed by atoms with E-state index >= 15 is 0 Å². The first-order valence-corrected chi connectivity index (χ1v) is 17.4. The van der Waals surface area contributed by atoms with Gasteiger partial charge in [0.2, 0.25) is 11.5 Å². The van der Waals surface area contributed by atoms with Crippen LogP contribution in [0.5, 0.6) is 46.0 Å². The van der Waals surface area contributed by atoms with Gasteiger partial charge in [-0.3, -0.25) is 0 Å². The van der Waals surface area contributed by atoms with Gasteiger partial charge in [0.15, 0.2) is 34.5 Å². The topological polar surface area (TPSA) is 108 Å². The van der Waals surface area contributed by atoms with Crippen LogP contribution in [0.25, 0.3) is 0 Å². The summed E-state index contributed by atoms with van der Waals surface area (Å²) in [7, 11) is 8.83. The van der Waals surface area contributed by atoms with Crippen LogP contribution in [0.3, 0.4) is 0 Å². The van der Waals surface area contributed by atoms with E-state index in [2.05, 4.69) is 63.7 Å². The fourth-order valence-electron chi connectivity index (χ4n) is 4.90. The molecule has 0 aliphatic carbocycles. The fraction of sp³-hybridized carbons (Fsp3) is 0.257. The van der Waals surface area contributed by atoms with Gasteiger partial charge in [-0.05, 0) is 123 Å². The molecule has 14 heteroatoms. The molecule has 0 unspecified atom stereocenters. The Morgan fingerprint density at radius 1 is 0.449 bits per heavy atom. The van der Waals surface area contributed by atoms with Gasteiger partial charge in [0.05, 0.1) is 71.7 Å². The molecule has 0 heterocycles. The molecule has 0 amide bonds. The Morgan fingerprint density at radius 2 is 0.714 bits per heavy atom. The van der Waals surface area contributed by atoms with E-state index in [1.807, 2.05) is 38.1 Å². The molecule has 0 aromatic heterocycles. The van der Waals surface area contributed by atoms with Gasteiger partial charge < -0.3 is 37.9 Å². The summed E-state index contributed by atoms with van der Waals surface area (Å²) in [5.41, 5.74) is 1.62. The minimum absolute atomic E-state index is 0.207. The van der Waals surface area contributed by atoms with Crippen LogP contribution in [0.4, 0.5) is 0 Å². The SMILES string of the molecule is COc1cc(C(=O)Oc2c(Br)cc(C(C)(C)c3cc(Br)c(OC(=O)c4cc(OC)c(OC)c(OC)c4)c(Br)c3)cc2Br)cc(OC)c1OC. The molecule has 4 aromatic rings. The van der Waals surface area contributed by atoms with Crippen LogP contribution in [0.2, 0.25) is 0 Å². The number of ether oxygens (including phenoxy) is 8. The number of methoxy groups -OCH3 is 6. The number of hydrogen-bond donors (Lipinski definition) is 0. The van der Waals surface area contributed by atoms with E-state index < -0.39 is 17.4 Å². The largest absolute Gasteiger partial charge is 0.493 e. The Hall–Kier alpha value is -3.46. The Bertz CT molecular complexity index is 1680. The highest BCUT2D eigenvalue weighted by Gasteiger charge is 2.29. The van der Waals surface area contributed by atoms with E-state index in [1.165, 1.54) is 66.9 Å². The van der Waals surface area contributed by atoms with Gasteiger partial charge in [0.1, 0.15) is 0 Å². The second kappa shape index (κ2) is 16.0. The molecule has 0 spiro atoms. The summed E-state index contributed by atoms with van der Waals surface area (Å²) >= 11 is 14.3. The van der Waals surface area contributed by atoms with Crippen LogP contribution in [0, 0.1) is 0 Å². The highest BCUT2D eigenvalue weighted by molar-refractivity contribution is 9.11. The minimum Gasteiger partial charge on any atom is -0.493 e. The molecule has 260 valence electrons.